The SMILES string of the molecule is COC[C@@H]1CCCN1C[C@@H]1C[C@H](c2ccc(CO)cc2)O[C@H](c2cccc(NC(=O)CCCCCC(=O)NO)c2)O1. The van der Waals surface area contributed by atoms with Gasteiger partial charge in [-0.2, -0.15) is 0 Å². The molecule has 2 amide bonds. The van der Waals surface area contributed by atoms with Crippen LogP contribution in [-0.4, -0.2) is 66.0 Å². The van der Waals surface area contributed by atoms with Gasteiger partial charge in [0.2, 0.25) is 11.8 Å². The second kappa shape index (κ2) is 16.0. The van der Waals surface area contributed by atoms with E-state index in [-0.39, 0.29) is 31.1 Å². The number of hydrogen-bond donors (Lipinski definition) is 4. The van der Waals surface area contributed by atoms with E-state index < -0.39 is 12.2 Å². The normalized spacial score (nSPS) is 22.9. The molecule has 0 saturated carbocycles. The maximum atomic E-state index is 12.5. The van der Waals surface area contributed by atoms with Crippen LogP contribution in [0.25, 0.3) is 0 Å². The summed E-state index contributed by atoms with van der Waals surface area (Å²) in [6.07, 6.45) is 4.69. The van der Waals surface area contributed by atoms with Crippen molar-refractivity contribution in [2.75, 3.05) is 32.1 Å². The third-order valence-corrected chi connectivity index (χ3v) is 7.79. The van der Waals surface area contributed by atoms with Gasteiger partial charge in [-0.1, -0.05) is 42.8 Å². The number of nitrogens with zero attached hydrogens (tertiary/aromatic N) is 1. The molecule has 0 aliphatic carbocycles. The smallest absolute Gasteiger partial charge is 0.243 e. The van der Waals surface area contributed by atoms with Gasteiger partial charge in [0.05, 0.1) is 25.4 Å². The van der Waals surface area contributed by atoms with Crippen molar-refractivity contribution >= 4 is 17.5 Å². The highest BCUT2D eigenvalue weighted by Gasteiger charge is 2.35. The van der Waals surface area contributed by atoms with E-state index in [9.17, 15) is 14.7 Å². The van der Waals surface area contributed by atoms with Gasteiger partial charge in [0.15, 0.2) is 6.29 Å². The minimum absolute atomic E-state index is 0.00457. The van der Waals surface area contributed by atoms with E-state index in [0.29, 0.717) is 44.0 Å². The standard InChI is InChI=1S/C31H43N3O7/c1-39-21-26-9-6-16-34(26)19-27-18-28(23-14-12-22(20-35)13-15-23)41-31(40-27)24-7-5-8-25(17-24)32-29(36)10-3-2-4-11-30(37)33-38/h5,7-8,12-15,17,26-28,31,35,38H,2-4,6,9-11,16,18-21H2,1H3,(H,32,36)(H,33,37)/t26-,27-,28+,31+/m0/s1. The van der Waals surface area contributed by atoms with Crippen LogP contribution in [0, 0.1) is 0 Å². The molecular weight excluding hydrogens is 526 g/mol. The quantitative estimate of drug-likeness (QED) is 0.151. The number of aliphatic hydroxyl groups is 1. The number of carbonyl (C=O) groups excluding carboxylic acids is 2. The van der Waals surface area contributed by atoms with Crippen LogP contribution < -0.4 is 10.8 Å². The molecule has 0 spiro atoms. The number of carbonyl (C=O) groups is 2. The Labute approximate surface area is 241 Å². The summed E-state index contributed by atoms with van der Waals surface area (Å²) < 4.78 is 18.5. The first-order valence-electron chi connectivity index (χ1n) is 14.6. The Balaban J connectivity index is 1.41. The zero-order chi connectivity index (χ0) is 29.0. The molecule has 0 radical (unpaired) electrons. The number of nitrogens with one attached hydrogen (secondary N) is 2. The van der Waals surface area contributed by atoms with Crippen LogP contribution in [-0.2, 0) is 30.4 Å². The number of anilines is 1. The maximum absolute atomic E-state index is 12.5. The number of hydrogen-bond acceptors (Lipinski definition) is 8. The molecule has 2 fully saturated rings. The first-order chi connectivity index (χ1) is 20.0. The number of rotatable bonds is 14. The summed E-state index contributed by atoms with van der Waals surface area (Å²) in [6.45, 7) is 2.51. The van der Waals surface area contributed by atoms with Crippen molar-refractivity contribution in [1.82, 2.24) is 10.4 Å². The van der Waals surface area contributed by atoms with Crippen molar-refractivity contribution < 1.29 is 34.1 Å². The number of ether oxygens (including phenoxy) is 3. The molecule has 0 unspecified atom stereocenters. The fraction of sp³-hybridized carbons (Fsp3) is 0.548. The average Bonchev–Trinajstić information content (AvgIpc) is 3.43. The second-order valence-electron chi connectivity index (χ2n) is 10.9. The molecule has 2 aliphatic heterocycles. The number of likely N-dealkylation sites (tertiary alicyclic amines) is 1. The predicted molar refractivity (Wildman–Crippen MR) is 153 cm³/mol. The summed E-state index contributed by atoms with van der Waals surface area (Å²) in [4.78, 5) is 26.1. The fourth-order valence-electron chi connectivity index (χ4n) is 5.60. The molecule has 2 aliphatic rings. The van der Waals surface area contributed by atoms with Crippen LogP contribution in [0.3, 0.4) is 0 Å². The Morgan fingerprint density at radius 1 is 1.02 bits per heavy atom. The Bertz CT molecular complexity index is 1110. The number of aliphatic hydroxyl groups excluding tert-OH is 1. The highest BCUT2D eigenvalue weighted by Crippen LogP contribution is 2.39. The van der Waals surface area contributed by atoms with E-state index >= 15 is 0 Å². The van der Waals surface area contributed by atoms with E-state index in [1.807, 2.05) is 48.5 Å². The lowest BCUT2D eigenvalue weighted by Crippen LogP contribution is -2.42. The summed E-state index contributed by atoms with van der Waals surface area (Å²) >= 11 is 0. The van der Waals surface area contributed by atoms with Crippen molar-refractivity contribution in [3.8, 4) is 0 Å². The van der Waals surface area contributed by atoms with Gasteiger partial charge in [0.1, 0.15) is 0 Å². The van der Waals surface area contributed by atoms with Crippen LogP contribution in [0.4, 0.5) is 5.69 Å². The summed E-state index contributed by atoms with van der Waals surface area (Å²) in [5.74, 6) is -0.516. The van der Waals surface area contributed by atoms with Gasteiger partial charge >= 0.3 is 0 Å². The number of benzene rings is 2. The van der Waals surface area contributed by atoms with Gasteiger partial charge in [-0.3, -0.25) is 19.7 Å². The van der Waals surface area contributed by atoms with Crippen LogP contribution >= 0.6 is 0 Å². The van der Waals surface area contributed by atoms with E-state index in [1.165, 1.54) is 0 Å². The molecule has 41 heavy (non-hydrogen) atoms. The molecule has 224 valence electrons. The van der Waals surface area contributed by atoms with Crippen LogP contribution in [0.15, 0.2) is 48.5 Å². The lowest BCUT2D eigenvalue weighted by molar-refractivity contribution is -0.253. The summed E-state index contributed by atoms with van der Waals surface area (Å²) in [6, 6.07) is 15.8. The van der Waals surface area contributed by atoms with Crippen molar-refractivity contribution in [2.45, 2.75) is 82.5 Å². The topological polar surface area (TPSA) is 130 Å². The Morgan fingerprint density at radius 3 is 2.54 bits per heavy atom. The molecule has 4 rings (SSSR count). The van der Waals surface area contributed by atoms with E-state index in [4.69, 9.17) is 19.4 Å². The molecule has 4 N–H and O–H groups in total. The third kappa shape index (κ3) is 9.32. The zero-order valence-corrected chi connectivity index (χ0v) is 23.8. The highest BCUT2D eigenvalue weighted by molar-refractivity contribution is 5.90. The summed E-state index contributed by atoms with van der Waals surface area (Å²) in [5.41, 5.74) is 5.01. The van der Waals surface area contributed by atoms with Gasteiger partial charge in [-0.25, -0.2) is 5.48 Å². The molecule has 2 heterocycles. The van der Waals surface area contributed by atoms with Crippen LogP contribution in [0.1, 0.15) is 80.5 Å². The van der Waals surface area contributed by atoms with Crippen molar-refractivity contribution in [3.05, 3.63) is 65.2 Å². The molecule has 4 atom stereocenters. The van der Waals surface area contributed by atoms with Crippen molar-refractivity contribution in [3.63, 3.8) is 0 Å². The Kier molecular flexibility index (Phi) is 12.1. The first kappa shape index (κ1) is 31.1. The first-order valence-corrected chi connectivity index (χ1v) is 14.6. The zero-order valence-electron chi connectivity index (χ0n) is 23.8. The lowest BCUT2D eigenvalue weighted by Gasteiger charge is -2.39. The average molecular weight is 570 g/mol. The summed E-state index contributed by atoms with van der Waals surface area (Å²) in [7, 11) is 1.74. The molecule has 2 aromatic rings. The predicted octanol–water partition coefficient (Wildman–Crippen LogP) is 4.23. The summed E-state index contributed by atoms with van der Waals surface area (Å²) in [5, 5.41) is 21.0. The number of amides is 2. The highest BCUT2D eigenvalue weighted by atomic mass is 16.7. The maximum Gasteiger partial charge on any atom is 0.243 e. The van der Waals surface area contributed by atoms with Crippen LogP contribution in [0.2, 0.25) is 0 Å². The molecular formula is C31H43N3O7. The molecule has 0 aromatic heterocycles. The van der Waals surface area contributed by atoms with E-state index in [1.54, 1.807) is 12.6 Å². The largest absolute Gasteiger partial charge is 0.392 e. The third-order valence-electron chi connectivity index (χ3n) is 7.79. The van der Waals surface area contributed by atoms with Gasteiger partial charge in [0, 0.05) is 50.2 Å². The van der Waals surface area contributed by atoms with E-state index in [0.717, 1.165) is 49.0 Å². The van der Waals surface area contributed by atoms with Crippen LogP contribution in [0.5, 0.6) is 0 Å². The molecule has 10 heteroatoms. The Morgan fingerprint density at radius 2 is 1.80 bits per heavy atom. The number of unbranched alkanes of at least 4 members (excludes halogenated alkanes) is 2. The Hall–Kier alpha value is -2.86. The fourth-order valence-corrected chi connectivity index (χ4v) is 5.60. The van der Waals surface area contributed by atoms with Crippen molar-refractivity contribution in [1.29, 1.82) is 0 Å². The molecule has 2 aromatic carbocycles. The van der Waals surface area contributed by atoms with Crippen molar-refractivity contribution in [2.24, 2.45) is 0 Å². The van der Waals surface area contributed by atoms with E-state index in [2.05, 4.69) is 10.2 Å². The van der Waals surface area contributed by atoms with Gasteiger partial charge in [-0.15, -0.1) is 0 Å². The molecule has 2 saturated heterocycles. The monoisotopic (exact) mass is 569 g/mol. The van der Waals surface area contributed by atoms with Gasteiger partial charge in [-0.05, 0) is 55.5 Å². The second-order valence-corrected chi connectivity index (χ2v) is 10.9. The molecule has 0 bridgehead atoms. The van der Waals surface area contributed by atoms with Gasteiger partial charge in [0.25, 0.3) is 0 Å². The minimum atomic E-state index is -0.603. The van der Waals surface area contributed by atoms with Gasteiger partial charge < -0.3 is 24.6 Å². The number of methoxy groups -OCH3 is 1. The minimum Gasteiger partial charge on any atom is -0.392 e. The molecule has 10 nitrogen and oxygen atoms in total. The lowest BCUT2D eigenvalue weighted by atomic mass is 9.99. The number of hydroxylamine groups is 1.